The van der Waals surface area contributed by atoms with Crippen LogP contribution in [-0.4, -0.2) is 26.3 Å². The van der Waals surface area contributed by atoms with E-state index in [2.05, 4.69) is 46.6 Å². The summed E-state index contributed by atoms with van der Waals surface area (Å²) in [6.07, 6.45) is 3.46. The van der Waals surface area contributed by atoms with Gasteiger partial charge in [-0.05, 0) is 43.4 Å². The Morgan fingerprint density at radius 1 is 1.33 bits per heavy atom. The summed E-state index contributed by atoms with van der Waals surface area (Å²) >= 11 is 1.80. The minimum atomic E-state index is -0.152. The molecule has 124 valence electrons. The van der Waals surface area contributed by atoms with Gasteiger partial charge >= 0.3 is 0 Å². The third-order valence-electron chi connectivity index (χ3n) is 3.84. The van der Waals surface area contributed by atoms with E-state index in [0.29, 0.717) is 16.9 Å². The fraction of sp³-hybridized carbons (Fsp3) is 0.278. The molecule has 0 fully saturated rings. The number of thioether (sulfide) groups is 1. The SMILES string of the molecule is CCSc1ccc([C@@H](C)NC(=O)c2c(C)nn3cccnc23)cc1. The molecule has 2 aromatic heterocycles. The van der Waals surface area contributed by atoms with Gasteiger partial charge in [-0.1, -0.05) is 19.1 Å². The number of benzene rings is 1. The standard InChI is InChI=1S/C18H20N4OS/c1-4-24-15-8-6-14(7-9-15)12(2)20-18(23)16-13(3)21-22-11-5-10-19-17(16)22/h5-12H,4H2,1-3H3,(H,20,23)/t12-/m1/s1. The van der Waals surface area contributed by atoms with Crippen LogP contribution in [0.15, 0.2) is 47.6 Å². The highest BCUT2D eigenvalue weighted by molar-refractivity contribution is 7.99. The summed E-state index contributed by atoms with van der Waals surface area (Å²) in [7, 11) is 0. The summed E-state index contributed by atoms with van der Waals surface area (Å²) in [5, 5.41) is 7.38. The first kappa shape index (κ1) is 16.5. The van der Waals surface area contributed by atoms with Crippen LogP contribution in [-0.2, 0) is 0 Å². The zero-order valence-corrected chi connectivity index (χ0v) is 14.8. The maximum Gasteiger partial charge on any atom is 0.257 e. The van der Waals surface area contributed by atoms with Crippen LogP contribution >= 0.6 is 11.8 Å². The van der Waals surface area contributed by atoms with Crippen LogP contribution in [0.1, 0.15) is 41.5 Å². The number of hydrogen-bond acceptors (Lipinski definition) is 4. The lowest BCUT2D eigenvalue weighted by Crippen LogP contribution is -2.27. The highest BCUT2D eigenvalue weighted by Gasteiger charge is 2.20. The van der Waals surface area contributed by atoms with E-state index in [4.69, 9.17) is 0 Å². The van der Waals surface area contributed by atoms with Crippen LogP contribution < -0.4 is 5.32 Å². The second kappa shape index (κ2) is 7.05. The average Bonchev–Trinajstić information content (AvgIpc) is 2.91. The van der Waals surface area contributed by atoms with Gasteiger partial charge in [0.15, 0.2) is 5.65 Å². The largest absolute Gasteiger partial charge is 0.345 e. The van der Waals surface area contributed by atoms with E-state index >= 15 is 0 Å². The maximum absolute atomic E-state index is 12.7. The molecule has 1 N–H and O–H groups in total. The second-order valence-corrected chi connectivity index (χ2v) is 6.88. The van der Waals surface area contributed by atoms with E-state index in [1.807, 2.05) is 13.8 Å². The van der Waals surface area contributed by atoms with Crippen LogP contribution in [0.5, 0.6) is 0 Å². The number of carbonyl (C=O) groups excluding carboxylic acids is 1. The minimum Gasteiger partial charge on any atom is -0.345 e. The molecule has 2 heterocycles. The molecule has 0 aliphatic rings. The van der Waals surface area contributed by atoms with Crippen LogP contribution in [0, 0.1) is 6.92 Å². The van der Waals surface area contributed by atoms with Gasteiger partial charge in [0.1, 0.15) is 5.56 Å². The number of hydrogen-bond donors (Lipinski definition) is 1. The Kier molecular flexibility index (Phi) is 4.85. The zero-order valence-electron chi connectivity index (χ0n) is 14.0. The molecule has 0 aliphatic heterocycles. The molecule has 0 aliphatic carbocycles. The number of amides is 1. The van der Waals surface area contributed by atoms with Crippen molar-refractivity contribution in [2.45, 2.75) is 31.7 Å². The molecular formula is C18H20N4OS. The molecule has 1 amide bonds. The number of nitrogens with one attached hydrogen (secondary N) is 1. The van der Waals surface area contributed by atoms with Crippen molar-refractivity contribution in [3.8, 4) is 0 Å². The van der Waals surface area contributed by atoms with Gasteiger partial charge < -0.3 is 5.32 Å². The molecule has 0 saturated carbocycles. The lowest BCUT2D eigenvalue weighted by atomic mass is 10.1. The summed E-state index contributed by atoms with van der Waals surface area (Å²) in [5.74, 6) is 0.896. The molecule has 1 aromatic carbocycles. The number of rotatable bonds is 5. The number of carbonyl (C=O) groups is 1. The van der Waals surface area contributed by atoms with E-state index in [0.717, 1.165) is 11.3 Å². The van der Waals surface area contributed by atoms with E-state index in [1.165, 1.54) is 4.90 Å². The molecule has 0 unspecified atom stereocenters. The lowest BCUT2D eigenvalue weighted by Gasteiger charge is -2.14. The Balaban J connectivity index is 1.79. The van der Waals surface area contributed by atoms with Gasteiger partial charge in [-0.3, -0.25) is 4.79 Å². The first-order valence-electron chi connectivity index (χ1n) is 7.93. The fourth-order valence-electron chi connectivity index (χ4n) is 2.63. The van der Waals surface area contributed by atoms with Crippen molar-refractivity contribution in [2.75, 3.05) is 5.75 Å². The third-order valence-corrected chi connectivity index (χ3v) is 4.73. The molecule has 1 atom stereocenters. The van der Waals surface area contributed by atoms with Gasteiger partial charge in [0.25, 0.3) is 5.91 Å². The zero-order chi connectivity index (χ0) is 17.1. The van der Waals surface area contributed by atoms with E-state index < -0.39 is 0 Å². The molecule has 3 aromatic rings. The molecule has 5 nitrogen and oxygen atoms in total. The Hall–Kier alpha value is -2.34. The molecule has 24 heavy (non-hydrogen) atoms. The lowest BCUT2D eigenvalue weighted by molar-refractivity contribution is 0.0940. The summed E-state index contributed by atoms with van der Waals surface area (Å²) in [6.45, 7) is 5.94. The van der Waals surface area contributed by atoms with E-state index in [-0.39, 0.29) is 11.9 Å². The molecule has 0 saturated heterocycles. The van der Waals surface area contributed by atoms with Gasteiger partial charge in [-0.25, -0.2) is 9.50 Å². The molecule has 0 radical (unpaired) electrons. The van der Waals surface area contributed by atoms with Crippen LogP contribution in [0.4, 0.5) is 0 Å². The Bertz CT molecular complexity index is 857. The fourth-order valence-corrected chi connectivity index (χ4v) is 3.30. The van der Waals surface area contributed by atoms with Gasteiger partial charge in [-0.15, -0.1) is 11.8 Å². The van der Waals surface area contributed by atoms with Crippen molar-refractivity contribution in [1.29, 1.82) is 0 Å². The average molecular weight is 340 g/mol. The van der Waals surface area contributed by atoms with Crippen molar-refractivity contribution in [1.82, 2.24) is 19.9 Å². The normalized spacial score (nSPS) is 12.3. The summed E-state index contributed by atoms with van der Waals surface area (Å²) < 4.78 is 1.63. The predicted molar refractivity (Wildman–Crippen MR) is 96.4 cm³/mol. The Morgan fingerprint density at radius 2 is 2.08 bits per heavy atom. The predicted octanol–water partition coefficient (Wildman–Crippen LogP) is 3.64. The second-order valence-electron chi connectivity index (χ2n) is 5.55. The summed E-state index contributed by atoms with van der Waals surface area (Å²) in [4.78, 5) is 18.2. The van der Waals surface area contributed by atoms with Crippen molar-refractivity contribution in [3.05, 3.63) is 59.5 Å². The highest BCUT2D eigenvalue weighted by Crippen LogP contribution is 2.21. The molecule has 6 heteroatoms. The van der Waals surface area contributed by atoms with Gasteiger partial charge in [0.05, 0.1) is 11.7 Å². The smallest absolute Gasteiger partial charge is 0.257 e. The Labute approximate surface area is 145 Å². The molecule has 0 spiro atoms. The Morgan fingerprint density at radius 3 is 2.79 bits per heavy atom. The molecule has 3 rings (SSSR count). The van der Waals surface area contributed by atoms with Crippen molar-refractivity contribution >= 4 is 23.3 Å². The van der Waals surface area contributed by atoms with Crippen LogP contribution in [0.3, 0.4) is 0 Å². The van der Waals surface area contributed by atoms with Gasteiger partial charge in [0, 0.05) is 17.3 Å². The number of aromatic nitrogens is 3. The van der Waals surface area contributed by atoms with Crippen molar-refractivity contribution < 1.29 is 4.79 Å². The van der Waals surface area contributed by atoms with E-state index in [1.54, 1.807) is 34.7 Å². The molecular weight excluding hydrogens is 320 g/mol. The first-order chi connectivity index (χ1) is 11.6. The summed E-state index contributed by atoms with van der Waals surface area (Å²) in [5.41, 5.74) is 2.86. The third kappa shape index (κ3) is 3.28. The maximum atomic E-state index is 12.7. The van der Waals surface area contributed by atoms with Gasteiger partial charge in [-0.2, -0.15) is 5.10 Å². The quantitative estimate of drug-likeness (QED) is 0.720. The number of fused-ring (bicyclic) bond motifs is 1. The van der Waals surface area contributed by atoms with E-state index in [9.17, 15) is 4.79 Å². The van der Waals surface area contributed by atoms with Crippen LogP contribution in [0.25, 0.3) is 5.65 Å². The summed E-state index contributed by atoms with van der Waals surface area (Å²) in [6, 6.07) is 10.0. The first-order valence-corrected chi connectivity index (χ1v) is 8.92. The number of aryl methyl sites for hydroxylation is 1. The monoisotopic (exact) mass is 340 g/mol. The van der Waals surface area contributed by atoms with Crippen LogP contribution in [0.2, 0.25) is 0 Å². The minimum absolute atomic E-state index is 0.0868. The highest BCUT2D eigenvalue weighted by atomic mass is 32.2. The topological polar surface area (TPSA) is 59.3 Å². The van der Waals surface area contributed by atoms with Crippen molar-refractivity contribution in [3.63, 3.8) is 0 Å². The number of nitrogens with zero attached hydrogens (tertiary/aromatic N) is 3. The van der Waals surface area contributed by atoms with Gasteiger partial charge in [0.2, 0.25) is 0 Å². The van der Waals surface area contributed by atoms with Crippen molar-refractivity contribution in [2.24, 2.45) is 0 Å². The molecule has 0 bridgehead atoms.